The molecule has 0 saturated carbocycles. The van der Waals surface area contributed by atoms with Crippen molar-refractivity contribution in [3.8, 4) is 0 Å². The van der Waals surface area contributed by atoms with Crippen LogP contribution in [-0.2, 0) is 20.8 Å². The summed E-state index contributed by atoms with van der Waals surface area (Å²) in [5.41, 5.74) is 0.242. The average molecular weight is 295 g/mol. The lowest BCUT2D eigenvalue weighted by Crippen LogP contribution is -2.26. The van der Waals surface area contributed by atoms with Crippen molar-refractivity contribution in [1.82, 2.24) is 9.88 Å². The fraction of sp³-hybridized carbons (Fsp3) is 0.500. The van der Waals surface area contributed by atoms with Gasteiger partial charge in [0.25, 0.3) is 15.0 Å². The first kappa shape index (κ1) is 15.0. The molecule has 0 aromatic carbocycles. The first-order valence-corrected chi connectivity index (χ1v) is 7.55. The molecule has 0 aliphatic heterocycles. The van der Waals surface area contributed by atoms with Gasteiger partial charge in [-0.2, -0.15) is 0 Å². The quantitative estimate of drug-likeness (QED) is 0.619. The number of rotatable bonds is 6. The summed E-state index contributed by atoms with van der Waals surface area (Å²) in [6.07, 6.45) is 1.99. The first-order valence-electron chi connectivity index (χ1n) is 5.24. The molecule has 1 aromatic heterocycles. The molecule has 0 unspecified atom stereocenters. The minimum absolute atomic E-state index is 0.0892. The Bertz CT molecular complexity index is 524. The Balaban J connectivity index is 2.72. The Labute approximate surface area is 110 Å². The number of carbonyl (C=O) groups is 1. The van der Waals surface area contributed by atoms with Gasteiger partial charge in [0.15, 0.2) is 0 Å². The minimum atomic E-state index is -3.82. The maximum Gasteiger partial charge on any atom is 0.267 e. The standard InChI is InChI=1S/C10H15ClN2O4S/c1-13-7-8(18(11,15)16)6-9(13)10(14)12-4-3-5-17-2/h6-7H,3-5H2,1-2H3,(H,12,14). The third kappa shape index (κ3) is 4.01. The second kappa shape index (κ2) is 6.21. The van der Waals surface area contributed by atoms with Gasteiger partial charge < -0.3 is 14.6 Å². The van der Waals surface area contributed by atoms with Crippen molar-refractivity contribution in [1.29, 1.82) is 0 Å². The molecule has 1 heterocycles. The van der Waals surface area contributed by atoms with E-state index in [1.165, 1.54) is 16.8 Å². The molecule has 1 N–H and O–H groups in total. The molecule has 8 heteroatoms. The predicted molar refractivity (Wildman–Crippen MR) is 67.3 cm³/mol. The molecule has 18 heavy (non-hydrogen) atoms. The van der Waals surface area contributed by atoms with E-state index in [4.69, 9.17) is 15.4 Å². The van der Waals surface area contributed by atoms with Crippen LogP contribution < -0.4 is 5.32 Å². The van der Waals surface area contributed by atoms with Crippen molar-refractivity contribution in [3.05, 3.63) is 18.0 Å². The molecular formula is C10H15ClN2O4S. The topological polar surface area (TPSA) is 77.4 Å². The Morgan fingerprint density at radius 1 is 1.56 bits per heavy atom. The zero-order valence-corrected chi connectivity index (χ0v) is 11.7. The minimum Gasteiger partial charge on any atom is -0.385 e. The zero-order chi connectivity index (χ0) is 13.8. The van der Waals surface area contributed by atoms with Crippen molar-refractivity contribution >= 4 is 25.6 Å². The van der Waals surface area contributed by atoms with E-state index in [-0.39, 0.29) is 16.5 Å². The molecule has 0 bridgehead atoms. The van der Waals surface area contributed by atoms with Crippen LogP contribution in [0.25, 0.3) is 0 Å². The molecule has 0 spiro atoms. The van der Waals surface area contributed by atoms with Gasteiger partial charge in [-0.25, -0.2) is 8.42 Å². The summed E-state index contributed by atoms with van der Waals surface area (Å²) in [6, 6.07) is 1.24. The van der Waals surface area contributed by atoms with Crippen LogP contribution in [0.3, 0.4) is 0 Å². The predicted octanol–water partition coefficient (Wildman–Crippen LogP) is 0.719. The van der Waals surface area contributed by atoms with Crippen molar-refractivity contribution in [2.24, 2.45) is 7.05 Å². The molecule has 0 aliphatic rings. The Kier molecular flexibility index (Phi) is 5.18. The maximum atomic E-state index is 11.8. The van der Waals surface area contributed by atoms with Crippen molar-refractivity contribution in [2.75, 3.05) is 20.3 Å². The summed E-state index contributed by atoms with van der Waals surface area (Å²) < 4.78 is 28.5. The molecule has 6 nitrogen and oxygen atoms in total. The molecule has 1 aromatic rings. The fourth-order valence-electron chi connectivity index (χ4n) is 1.40. The van der Waals surface area contributed by atoms with E-state index in [0.29, 0.717) is 19.6 Å². The highest BCUT2D eigenvalue weighted by Crippen LogP contribution is 2.17. The maximum absolute atomic E-state index is 11.8. The molecule has 0 radical (unpaired) electrons. The van der Waals surface area contributed by atoms with E-state index < -0.39 is 9.05 Å². The number of nitrogens with zero attached hydrogens (tertiary/aromatic N) is 1. The summed E-state index contributed by atoms with van der Waals surface area (Å²) in [4.78, 5) is 11.7. The van der Waals surface area contributed by atoms with Crippen LogP contribution in [0.2, 0.25) is 0 Å². The number of ether oxygens (including phenoxy) is 1. The van der Waals surface area contributed by atoms with Crippen LogP contribution in [0.4, 0.5) is 0 Å². The number of halogens is 1. The van der Waals surface area contributed by atoms with Gasteiger partial charge in [0.1, 0.15) is 10.6 Å². The van der Waals surface area contributed by atoms with Gasteiger partial charge in [-0.1, -0.05) is 0 Å². The summed E-state index contributed by atoms with van der Waals surface area (Å²) in [5, 5.41) is 2.66. The van der Waals surface area contributed by atoms with E-state index >= 15 is 0 Å². The van der Waals surface area contributed by atoms with E-state index in [2.05, 4.69) is 5.32 Å². The third-order valence-corrected chi connectivity index (χ3v) is 3.63. The van der Waals surface area contributed by atoms with Crippen LogP contribution in [0.15, 0.2) is 17.2 Å². The number of amides is 1. The van der Waals surface area contributed by atoms with Crippen LogP contribution in [0, 0.1) is 0 Å². The number of hydrogen-bond acceptors (Lipinski definition) is 4. The molecule has 102 valence electrons. The highest BCUT2D eigenvalue weighted by Gasteiger charge is 2.18. The highest BCUT2D eigenvalue weighted by molar-refractivity contribution is 8.13. The van der Waals surface area contributed by atoms with Crippen molar-refractivity contribution in [3.63, 3.8) is 0 Å². The smallest absolute Gasteiger partial charge is 0.267 e. The molecule has 1 amide bonds. The number of carbonyl (C=O) groups excluding carboxylic acids is 1. The van der Waals surface area contributed by atoms with Crippen molar-refractivity contribution < 1.29 is 17.9 Å². The SMILES string of the molecule is COCCCNC(=O)c1cc(S(=O)(=O)Cl)cn1C. The fourth-order valence-corrected chi connectivity index (χ4v) is 2.19. The van der Waals surface area contributed by atoms with Gasteiger partial charge in [-0.05, 0) is 12.5 Å². The second-order valence-corrected chi connectivity index (χ2v) is 6.28. The van der Waals surface area contributed by atoms with Crippen LogP contribution in [0.5, 0.6) is 0 Å². The van der Waals surface area contributed by atoms with E-state index in [1.807, 2.05) is 0 Å². The van der Waals surface area contributed by atoms with Gasteiger partial charge in [-0.3, -0.25) is 4.79 Å². The summed E-state index contributed by atoms with van der Waals surface area (Å²) in [5.74, 6) is -0.347. The Morgan fingerprint density at radius 3 is 2.72 bits per heavy atom. The van der Waals surface area contributed by atoms with E-state index in [1.54, 1.807) is 14.2 Å². The lowest BCUT2D eigenvalue weighted by Gasteiger charge is -2.05. The lowest BCUT2D eigenvalue weighted by molar-refractivity contribution is 0.0940. The molecule has 0 aliphatic carbocycles. The molecule has 0 atom stereocenters. The zero-order valence-electron chi connectivity index (χ0n) is 10.1. The van der Waals surface area contributed by atoms with Crippen LogP contribution >= 0.6 is 10.7 Å². The Hall–Kier alpha value is -1.05. The molecule has 0 saturated heterocycles. The van der Waals surface area contributed by atoms with Crippen molar-refractivity contribution in [2.45, 2.75) is 11.3 Å². The Morgan fingerprint density at radius 2 is 2.22 bits per heavy atom. The lowest BCUT2D eigenvalue weighted by atomic mass is 10.3. The summed E-state index contributed by atoms with van der Waals surface area (Å²) >= 11 is 0. The number of nitrogens with one attached hydrogen (secondary N) is 1. The van der Waals surface area contributed by atoms with Gasteiger partial charge >= 0.3 is 0 Å². The van der Waals surface area contributed by atoms with Gasteiger partial charge in [-0.15, -0.1) is 0 Å². The van der Waals surface area contributed by atoms with Crippen LogP contribution in [-0.4, -0.2) is 39.2 Å². The average Bonchev–Trinajstić information content (AvgIpc) is 2.66. The second-order valence-electron chi connectivity index (χ2n) is 3.71. The van der Waals surface area contributed by atoms with Gasteiger partial charge in [0.05, 0.1) is 0 Å². The number of methoxy groups -OCH3 is 1. The number of hydrogen-bond donors (Lipinski definition) is 1. The van der Waals surface area contributed by atoms with Gasteiger partial charge in [0.2, 0.25) is 0 Å². The normalized spacial score (nSPS) is 11.5. The monoisotopic (exact) mass is 294 g/mol. The third-order valence-electron chi connectivity index (χ3n) is 2.30. The van der Waals surface area contributed by atoms with E-state index in [9.17, 15) is 13.2 Å². The number of aromatic nitrogens is 1. The largest absolute Gasteiger partial charge is 0.385 e. The first-order chi connectivity index (χ1) is 8.36. The van der Waals surface area contributed by atoms with Gasteiger partial charge in [0, 0.05) is 44.2 Å². The van der Waals surface area contributed by atoms with Crippen LogP contribution in [0.1, 0.15) is 16.9 Å². The number of aryl methyl sites for hydroxylation is 1. The summed E-state index contributed by atoms with van der Waals surface area (Å²) in [6.45, 7) is 1.01. The van der Waals surface area contributed by atoms with E-state index in [0.717, 1.165) is 0 Å². The molecule has 0 fully saturated rings. The highest BCUT2D eigenvalue weighted by atomic mass is 35.7. The summed E-state index contributed by atoms with van der Waals surface area (Å²) in [7, 11) is 4.55. The molecular weight excluding hydrogens is 280 g/mol. The molecule has 1 rings (SSSR count).